The Hall–Kier alpha value is -0.150. The molecule has 0 bridgehead atoms. The summed E-state index contributed by atoms with van der Waals surface area (Å²) in [6, 6.07) is 0. The summed E-state index contributed by atoms with van der Waals surface area (Å²) in [4.78, 5) is 0.502. The maximum absolute atomic E-state index is 5.30. The fraction of sp³-hybridized carbons (Fsp3) is 0.800. The third kappa shape index (κ3) is 1.17. The number of nitrogens with two attached hydrogens (primary N) is 1. The van der Waals surface area contributed by atoms with Gasteiger partial charge in [0.05, 0.1) is 0 Å². The van der Waals surface area contributed by atoms with E-state index in [4.69, 9.17) is 22.7 Å². The average Bonchev–Trinajstić information content (AvgIpc) is 2.12. The maximum Gasteiger partial charge on any atom is 0.107 e. The van der Waals surface area contributed by atoms with Gasteiger partial charge in [-0.2, -0.15) is 0 Å². The first-order chi connectivity index (χ1) is 3.80. The van der Waals surface area contributed by atoms with Crippen LogP contribution in [0.4, 0.5) is 0 Å². The van der Waals surface area contributed by atoms with Crippen LogP contribution in [0.1, 0.15) is 12.8 Å². The average molecular weight is 131 g/mol. The molecule has 0 spiro atoms. The van der Waals surface area contributed by atoms with Crippen molar-refractivity contribution in [2.24, 2.45) is 5.73 Å². The van der Waals surface area contributed by atoms with Gasteiger partial charge in [-0.25, -0.2) is 0 Å². The molecule has 2 N–H and O–H groups in total. The number of thiocarbonyl (C=S) groups is 1. The first-order valence-electron chi connectivity index (χ1n) is 2.71. The van der Waals surface area contributed by atoms with Crippen molar-refractivity contribution in [1.82, 2.24) is 0 Å². The summed E-state index contributed by atoms with van der Waals surface area (Å²) in [6.07, 6.45) is 2.18. The Labute approximate surface area is 54.0 Å². The predicted octanol–water partition coefficient (Wildman–Crippen LogP) is 0.452. The predicted molar refractivity (Wildman–Crippen MR) is 35.8 cm³/mol. The molecule has 0 saturated carbocycles. The Morgan fingerprint density at radius 1 is 1.75 bits per heavy atom. The fourth-order valence-electron chi connectivity index (χ4n) is 0.802. The van der Waals surface area contributed by atoms with Crippen molar-refractivity contribution >= 4 is 17.2 Å². The lowest BCUT2D eigenvalue weighted by Gasteiger charge is -2.03. The molecule has 0 amide bonds. The van der Waals surface area contributed by atoms with Gasteiger partial charge in [-0.05, 0) is 12.8 Å². The molecule has 3 heteroatoms. The zero-order valence-corrected chi connectivity index (χ0v) is 5.41. The normalized spacial score (nSPS) is 28.2. The van der Waals surface area contributed by atoms with Crippen LogP contribution in [0, 0.1) is 0 Å². The second kappa shape index (κ2) is 2.42. The Balaban J connectivity index is 2.35. The van der Waals surface area contributed by atoms with E-state index < -0.39 is 0 Å². The summed E-state index contributed by atoms with van der Waals surface area (Å²) in [5.74, 6) is 0. The molecule has 0 aromatic heterocycles. The van der Waals surface area contributed by atoms with Crippen LogP contribution >= 0.6 is 12.2 Å². The first kappa shape index (κ1) is 5.98. The highest BCUT2D eigenvalue weighted by molar-refractivity contribution is 7.80. The van der Waals surface area contributed by atoms with Crippen LogP contribution in [-0.2, 0) is 4.74 Å². The molecule has 0 radical (unpaired) electrons. The molecular formula is C5H9NOS. The van der Waals surface area contributed by atoms with Gasteiger partial charge in [0.1, 0.15) is 11.1 Å². The number of ether oxygens (including phenoxy) is 1. The summed E-state index contributed by atoms with van der Waals surface area (Å²) in [6.45, 7) is 0.821. The minimum atomic E-state index is 0.0741. The summed E-state index contributed by atoms with van der Waals surface area (Å²) in [5.41, 5.74) is 5.30. The van der Waals surface area contributed by atoms with E-state index in [1.807, 2.05) is 0 Å². The van der Waals surface area contributed by atoms with E-state index in [1.165, 1.54) is 0 Å². The van der Waals surface area contributed by atoms with Gasteiger partial charge in [0.2, 0.25) is 0 Å². The number of hydrogen-bond acceptors (Lipinski definition) is 2. The van der Waals surface area contributed by atoms with Gasteiger partial charge < -0.3 is 10.5 Å². The SMILES string of the molecule is NC(=S)C1CCCO1. The van der Waals surface area contributed by atoms with Gasteiger partial charge in [0.15, 0.2) is 0 Å². The summed E-state index contributed by atoms with van der Waals surface area (Å²) >= 11 is 4.71. The second-order valence-electron chi connectivity index (χ2n) is 1.90. The highest BCUT2D eigenvalue weighted by Gasteiger charge is 2.16. The van der Waals surface area contributed by atoms with E-state index in [9.17, 15) is 0 Å². The topological polar surface area (TPSA) is 35.2 Å². The van der Waals surface area contributed by atoms with E-state index in [0.717, 1.165) is 19.4 Å². The molecule has 1 heterocycles. The maximum atomic E-state index is 5.30. The van der Waals surface area contributed by atoms with Crippen LogP contribution in [-0.4, -0.2) is 17.7 Å². The fourth-order valence-corrected chi connectivity index (χ4v) is 0.988. The van der Waals surface area contributed by atoms with Crippen molar-refractivity contribution in [2.75, 3.05) is 6.61 Å². The van der Waals surface area contributed by atoms with Crippen LogP contribution < -0.4 is 5.73 Å². The molecule has 0 aromatic rings. The molecule has 8 heavy (non-hydrogen) atoms. The van der Waals surface area contributed by atoms with Gasteiger partial charge >= 0.3 is 0 Å². The largest absolute Gasteiger partial charge is 0.391 e. The molecule has 2 nitrogen and oxygen atoms in total. The Bertz CT molecular complexity index is 98.6. The van der Waals surface area contributed by atoms with Gasteiger partial charge in [-0.15, -0.1) is 0 Å². The van der Waals surface area contributed by atoms with Crippen LogP contribution in [0.15, 0.2) is 0 Å². The van der Waals surface area contributed by atoms with E-state index >= 15 is 0 Å². The monoisotopic (exact) mass is 131 g/mol. The van der Waals surface area contributed by atoms with E-state index in [0.29, 0.717) is 4.99 Å². The first-order valence-corrected chi connectivity index (χ1v) is 3.12. The molecule has 1 saturated heterocycles. The standard InChI is InChI=1S/C5H9NOS/c6-5(8)4-2-1-3-7-4/h4H,1-3H2,(H2,6,8). The van der Waals surface area contributed by atoms with Crippen molar-refractivity contribution in [3.63, 3.8) is 0 Å². The number of hydrogen-bond donors (Lipinski definition) is 1. The molecule has 46 valence electrons. The van der Waals surface area contributed by atoms with Crippen molar-refractivity contribution < 1.29 is 4.74 Å². The van der Waals surface area contributed by atoms with Crippen LogP contribution in [0.25, 0.3) is 0 Å². The Morgan fingerprint density at radius 2 is 2.50 bits per heavy atom. The molecule has 1 aliphatic rings. The molecule has 1 atom stereocenters. The Kier molecular flexibility index (Phi) is 1.81. The van der Waals surface area contributed by atoms with Gasteiger partial charge in [-0.3, -0.25) is 0 Å². The zero-order chi connectivity index (χ0) is 5.98. The van der Waals surface area contributed by atoms with Crippen LogP contribution in [0.3, 0.4) is 0 Å². The molecule has 1 aliphatic heterocycles. The lowest BCUT2D eigenvalue weighted by atomic mass is 10.2. The summed E-state index contributed by atoms with van der Waals surface area (Å²) < 4.78 is 5.15. The van der Waals surface area contributed by atoms with Gasteiger partial charge in [0.25, 0.3) is 0 Å². The van der Waals surface area contributed by atoms with Gasteiger partial charge in [-0.1, -0.05) is 12.2 Å². The molecule has 0 aliphatic carbocycles. The summed E-state index contributed by atoms with van der Waals surface area (Å²) in [5, 5.41) is 0. The van der Waals surface area contributed by atoms with Crippen molar-refractivity contribution in [2.45, 2.75) is 18.9 Å². The smallest absolute Gasteiger partial charge is 0.107 e. The number of rotatable bonds is 1. The molecule has 1 fully saturated rings. The molecule has 0 aromatic carbocycles. The van der Waals surface area contributed by atoms with E-state index in [1.54, 1.807) is 0 Å². The van der Waals surface area contributed by atoms with Crippen molar-refractivity contribution in [3.8, 4) is 0 Å². The second-order valence-corrected chi connectivity index (χ2v) is 2.38. The molecule has 1 rings (SSSR count). The van der Waals surface area contributed by atoms with E-state index in [-0.39, 0.29) is 6.10 Å². The van der Waals surface area contributed by atoms with Crippen LogP contribution in [0.2, 0.25) is 0 Å². The highest BCUT2D eigenvalue weighted by Crippen LogP contribution is 2.11. The molecular weight excluding hydrogens is 122 g/mol. The van der Waals surface area contributed by atoms with E-state index in [2.05, 4.69) is 0 Å². The lowest BCUT2D eigenvalue weighted by Crippen LogP contribution is -2.25. The Morgan fingerprint density at radius 3 is 2.75 bits per heavy atom. The van der Waals surface area contributed by atoms with Crippen molar-refractivity contribution in [3.05, 3.63) is 0 Å². The molecule has 1 unspecified atom stereocenters. The third-order valence-corrected chi connectivity index (χ3v) is 1.51. The lowest BCUT2D eigenvalue weighted by molar-refractivity contribution is 0.159. The minimum absolute atomic E-state index is 0.0741. The third-order valence-electron chi connectivity index (χ3n) is 1.25. The minimum Gasteiger partial charge on any atom is -0.391 e. The highest BCUT2D eigenvalue weighted by atomic mass is 32.1. The quantitative estimate of drug-likeness (QED) is 0.525. The zero-order valence-electron chi connectivity index (χ0n) is 4.59. The van der Waals surface area contributed by atoms with Gasteiger partial charge in [0, 0.05) is 6.61 Å². The summed E-state index contributed by atoms with van der Waals surface area (Å²) in [7, 11) is 0. The van der Waals surface area contributed by atoms with Crippen LogP contribution in [0.5, 0.6) is 0 Å². The van der Waals surface area contributed by atoms with Crippen molar-refractivity contribution in [1.29, 1.82) is 0 Å².